The molecule has 1 atom stereocenters. The van der Waals surface area contributed by atoms with Crippen molar-refractivity contribution in [1.82, 2.24) is 5.32 Å². The summed E-state index contributed by atoms with van der Waals surface area (Å²) in [6.45, 7) is 5.16. The molecule has 0 amide bonds. The van der Waals surface area contributed by atoms with Gasteiger partial charge in [0.05, 0.1) is 0 Å². The number of fused-ring (bicyclic) bond motifs is 1. The van der Waals surface area contributed by atoms with Crippen molar-refractivity contribution in [3.8, 4) is 0 Å². The summed E-state index contributed by atoms with van der Waals surface area (Å²) in [5.41, 5.74) is 2.65. The molecule has 1 N–H and O–H groups in total. The van der Waals surface area contributed by atoms with Crippen LogP contribution in [0.5, 0.6) is 0 Å². The highest BCUT2D eigenvalue weighted by atomic mass is 32.1. The van der Waals surface area contributed by atoms with Crippen molar-refractivity contribution >= 4 is 23.0 Å². The normalized spacial score (nSPS) is 18.8. The van der Waals surface area contributed by atoms with Crippen molar-refractivity contribution in [2.45, 2.75) is 26.3 Å². The molecular weight excluding hydrogens is 204 g/mol. The molecule has 2 nitrogen and oxygen atoms in total. The van der Waals surface area contributed by atoms with Gasteiger partial charge in [-0.15, -0.1) is 0 Å². The number of rotatable bonds is 1. The monoisotopic (exact) mass is 220 g/mol. The molecule has 1 heterocycles. The lowest BCUT2D eigenvalue weighted by Gasteiger charge is -2.25. The number of para-hydroxylation sites is 1. The Morgan fingerprint density at radius 1 is 1.53 bits per heavy atom. The highest BCUT2D eigenvalue weighted by Gasteiger charge is 2.27. The van der Waals surface area contributed by atoms with Crippen LogP contribution in [0.2, 0.25) is 0 Å². The average molecular weight is 220 g/mol. The van der Waals surface area contributed by atoms with Crippen LogP contribution < -0.4 is 10.2 Å². The Balaban J connectivity index is 2.29. The summed E-state index contributed by atoms with van der Waals surface area (Å²) in [4.78, 5) is 2.22. The molecule has 1 aliphatic rings. The van der Waals surface area contributed by atoms with E-state index in [2.05, 4.69) is 48.3 Å². The second-order valence-corrected chi connectivity index (χ2v) is 4.27. The first-order chi connectivity index (χ1) is 7.24. The Morgan fingerprint density at radius 2 is 2.27 bits per heavy atom. The van der Waals surface area contributed by atoms with E-state index in [0.29, 0.717) is 6.04 Å². The zero-order valence-electron chi connectivity index (χ0n) is 9.16. The number of nitrogens with zero attached hydrogens (tertiary/aromatic N) is 1. The first kappa shape index (κ1) is 10.4. The summed E-state index contributed by atoms with van der Waals surface area (Å²) in [5.74, 6) is 0. The molecule has 1 aromatic carbocycles. The molecule has 1 aromatic rings. The summed E-state index contributed by atoms with van der Waals surface area (Å²) in [7, 11) is 0. The third-order valence-electron chi connectivity index (χ3n) is 2.75. The van der Waals surface area contributed by atoms with E-state index in [9.17, 15) is 0 Å². The van der Waals surface area contributed by atoms with Crippen LogP contribution >= 0.6 is 12.2 Å². The van der Waals surface area contributed by atoms with Crippen LogP contribution in [0.3, 0.4) is 0 Å². The molecular formula is C12H16N2S. The van der Waals surface area contributed by atoms with Crippen LogP contribution in [0.25, 0.3) is 0 Å². The standard InChI is InChI=1S/C12H16N2S/c1-3-13-12(15)14-9(2)8-10-6-4-5-7-11(10)14/h4-7,9H,3,8H2,1-2H3,(H,13,15). The predicted octanol–water partition coefficient (Wildman–Crippen LogP) is 2.33. The number of thiocarbonyl (C=S) groups is 1. The van der Waals surface area contributed by atoms with Gasteiger partial charge in [0, 0.05) is 18.3 Å². The number of benzene rings is 1. The van der Waals surface area contributed by atoms with E-state index in [-0.39, 0.29) is 0 Å². The summed E-state index contributed by atoms with van der Waals surface area (Å²) < 4.78 is 0. The zero-order valence-corrected chi connectivity index (χ0v) is 9.97. The predicted molar refractivity (Wildman–Crippen MR) is 68.4 cm³/mol. The molecule has 0 aliphatic carbocycles. The molecule has 3 heteroatoms. The summed E-state index contributed by atoms with van der Waals surface area (Å²) in [5, 5.41) is 4.06. The maximum Gasteiger partial charge on any atom is 0.173 e. The largest absolute Gasteiger partial charge is 0.363 e. The summed E-state index contributed by atoms with van der Waals surface area (Å²) >= 11 is 5.38. The van der Waals surface area contributed by atoms with Crippen molar-refractivity contribution in [1.29, 1.82) is 0 Å². The topological polar surface area (TPSA) is 15.3 Å². The van der Waals surface area contributed by atoms with Crippen LogP contribution in [-0.4, -0.2) is 17.7 Å². The molecule has 1 unspecified atom stereocenters. The number of anilines is 1. The van der Waals surface area contributed by atoms with Gasteiger partial charge >= 0.3 is 0 Å². The molecule has 15 heavy (non-hydrogen) atoms. The second kappa shape index (κ2) is 4.19. The summed E-state index contributed by atoms with van der Waals surface area (Å²) in [6.07, 6.45) is 1.09. The van der Waals surface area contributed by atoms with E-state index in [4.69, 9.17) is 12.2 Å². The van der Waals surface area contributed by atoms with Crippen molar-refractivity contribution in [2.75, 3.05) is 11.4 Å². The molecule has 0 saturated carbocycles. The van der Waals surface area contributed by atoms with Crippen molar-refractivity contribution < 1.29 is 0 Å². The number of nitrogens with one attached hydrogen (secondary N) is 1. The Labute approximate surface area is 96.3 Å². The molecule has 0 fully saturated rings. The molecule has 0 radical (unpaired) electrons. The number of hydrogen-bond acceptors (Lipinski definition) is 1. The highest BCUT2D eigenvalue weighted by Crippen LogP contribution is 2.31. The first-order valence-corrected chi connectivity index (χ1v) is 5.79. The minimum absolute atomic E-state index is 0.467. The second-order valence-electron chi connectivity index (χ2n) is 3.89. The minimum Gasteiger partial charge on any atom is -0.363 e. The molecule has 1 aliphatic heterocycles. The Bertz CT molecular complexity index is 376. The van der Waals surface area contributed by atoms with Gasteiger partial charge in [0.15, 0.2) is 5.11 Å². The van der Waals surface area contributed by atoms with Gasteiger partial charge in [0.25, 0.3) is 0 Å². The molecule has 0 aromatic heterocycles. The van der Waals surface area contributed by atoms with Gasteiger partial charge in [0.1, 0.15) is 0 Å². The third-order valence-corrected chi connectivity index (χ3v) is 3.10. The number of hydrogen-bond donors (Lipinski definition) is 1. The van der Waals surface area contributed by atoms with Crippen LogP contribution in [0.4, 0.5) is 5.69 Å². The smallest absolute Gasteiger partial charge is 0.173 e. The van der Waals surface area contributed by atoms with Crippen LogP contribution in [0.15, 0.2) is 24.3 Å². The van der Waals surface area contributed by atoms with Crippen molar-refractivity contribution in [3.05, 3.63) is 29.8 Å². The maximum absolute atomic E-state index is 5.38. The highest BCUT2D eigenvalue weighted by molar-refractivity contribution is 7.80. The van der Waals surface area contributed by atoms with Gasteiger partial charge < -0.3 is 10.2 Å². The van der Waals surface area contributed by atoms with E-state index in [1.807, 2.05) is 0 Å². The lowest BCUT2D eigenvalue weighted by molar-refractivity contribution is 0.760. The van der Waals surface area contributed by atoms with Gasteiger partial charge in [-0.3, -0.25) is 0 Å². The lowest BCUT2D eigenvalue weighted by Crippen LogP contribution is -2.42. The molecule has 0 spiro atoms. The van der Waals surface area contributed by atoms with E-state index in [1.54, 1.807) is 0 Å². The maximum atomic E-state index is 5.38. The molecule has 0 bridgehead atoms. The van der Waals surface area contributed by atoms with E-state index < -0.39 is 0 Å². The van der Waals surface area contributed by atoms with Gasteiger partial charge in [-0.25, -0.2) is 0 Å². The van der Waals surface area contributed by atoms with Gasteiger partial charge in [-0.05, 0) is 44.1 Å². The van der Waals surface area contributed by atoms with Gasteiger partial charge in [0.2, 0.25) is 0 Å². The Hall–Kier alpha value is -1.09. The van der Waals surface area contributed by atoms with Crippen LogP contribution in [0, 0.1) is 0 Å². The van der Waals surface area contributed by atoms with E-state index in [1.165, 1.54) is 11.3 Å². The van der Waals surface area contributed by atoms with E-state index >= 15 is 0 Å². The minimum atomic E-state index is 0.467. The lowest BCUT2D eigenvalue weighted by atomic mass is 10.1. The third kappa shape index (κ3) is 1.84. The van der Waals surface area contributed by atoms with Crippen LogP contribution in [0.1, 0.15) is 19.4 Å². The zero-order chi connectivity index (χ0) is 10.8. The van der Waals surface area contributed by atoms with Gasteiger partial charge in [-0.2, -0.15) is 0 Å². The van der Waals surface area contributed by atoms with E-state index in [0.717, 1.165) is 18.1 Å². The first-order valence-electron chi connectivity index (χ1n) is 5.39. The average Bonchev–Trinajstić information content (AvgIpc) is 2.54. The SMILES string of the molecule is CCNC(=S)N1c2ccccc2CC1C. The fraction of sp³-hybridized carbons (Fsp3) is 0.417. The quantitative estimate of drug-likeness (QED) is 0.731. The van der Waals surface area contributed by atoms with Crippen LogP contribution in [-0.2, 0) is 6.42 Å². The van der Waals surface area contributed by atoms with Crippen molar-refractivity contribution in [3.63, 3.8) is 0 Å². The molecule has 2 rings (SSSR count). The molecule has 80 valence electrons. The van der Waals surface area contributed by atoms with Crippen molar-refractivity contribution in [2.24, 2.45) is 0 Å². The Kier molecular flexibility index (Phi) is 2.91. The van der Waals surface area contributed by atoms with Gasteiger partial charge in [-0.1, -0.05) is 18.2 Å². The summed E-state index contributed by atoms with van der Waals surface area (Å²) in [6, 6.07) is 8.95. The fourth-order valence-corrected chi connectivity index (χ4v) is 2.53. The molecule has 0 saturated heterocycles. The Morgan fingerprint density at radius 3 is 3.00 bits per heavy atom. The fourth-order valence-electron chi connectivity index (χ4n) is 2.11.